The van der Waals surface area contributed by atoms with Crippen molar-refractivity contribution in [2.24, 2.45) is 0 Å². The van der Waals surface area contributed by atoms with Crippen LogP contribution >= 0.6 is 0 Å². The molecule has 1 atom stereocenters. The van der Waals surface area contributed by atoms with Crippen LogP contribution in [-0.2, 0) is 27.6 Å². The van der Waals surface area contributed by atoms with Crippen molar-refractivity contribution in [1.29, 1.82) is 0 Å². The van der Waals surface area contributed by atoms with Crippen molar-refractivity contribution in [3.05, 3.63) is 109 Å². The summed E-state index contributed by atoms with van der Waals surface area (Å²) in [4.78, 5) is 7.72. The minimum Gasteiger partial charge on any atom is -0.488 e. The Morgan fingerprint density at radius 1 is 0.800 bits per heavy atom. The SMILES string of the molecule is CC(C)(C)Oc1ccc([S+](c2ccccc2)c2ccccc2OCc2ccncc2)cc1.O=S(=O)(O)C(F)(F)F. The van der Waals surface area contributed by atoms with Crippen LogP contribution in [0.25, 0.3) is 0 Å². The normalized spacial score (nSPS) is 12.6. The largest absolute Gasteiger partial charge is 0.522 e. The lowest BCUT2D eigenvalue weighted by molar-refractivity contribution is -0.0510. The third-order valence-corrected chi connectivity index (χ3v) is 7.82. The van der Waals surface area contributed by atoms with Crippen LogP contribution in [-0.4, -0.2) is 29.1 Å². The fourth-order valence-corrected chi connectivity index (χ4v) is 5.48. The summed E-state index contributed by atoms with van der Waals surface area (Å²) in [6.45, 7) is 6.69. The maximum Gasteiger partial charge on any atom is 0.522 e. The Morgan fingerprint density at radius 3 is 1.88 bits per heavy atom. The third-order valence-electron chi connectivity index (χ3n) is 4.97. The Morgan fingerprint density at radius 2 is 1.32 bits per heavy atom. The molecule has 0 aliphatic rings. The number of hydrogen-bond donors (Lipinski definition) is 1. The second-order valence-corrected chi connectivity index (χ2v) is 12.7. The van der Waals surface area contributed by atoms with Crippen molar-refractivity contribution in [1.82, 2.24) is 4.98 Å². The van der Waals surface area contributed by atoms with E-state index in [9.17, 15) is 13.2 Å². The molecule has 0 bridgehead atoms. The molecule has 1 N–H and O–H groups in total. The van der Waals surface area contributed by atoms with E-state index >= 15 is 0 Å². The van der Waals surface area contributed by atoms with E-state index in [1.807, 2.05) is 18.2 Å². The molecule has 0 amide bonds. The lowest BCUT2D eigenvalue weighted by Crippen LogP contribution is -2.22. The zero-order valence-electron chi connectivity index (χ0n) is 22.0. The molecule has 212 valence electrons. The van der Waals surface area contributed by atoms with Gasteiger partial charge in [-0.1, -0.05) is 30.3 Å². The van der Waals surface area contributed by atoms with E-state index in [-0.39, 0.29) is 16.5 Å². The van der Waals surface area contributed by atoms with Gasteiger partial charge in [0.2, 0.25) is 4.90 Å². The summed E-state index contributed by atoms with van der Waals surface area (Å²) < 4.78 is 69.9. The van der Waals surface area contributed by atoms with Gasteiger partial charge in [-0.25, -0.2) is 0 Å². The van der Waals surface area contributed by atoms with Crippen molar-refractivity contribution in [2.45, 2.75) is 53.2 Å². The van der Waals surface area contributed by atoms with Crippen LogP contribution in [0.4, 0.5) is 13.2 Å². The highest BCUT2D eigenvalue weighted by Gasteiger charge is 2.44. The van der Waals surface area contributed by atoms with Crippen LogP contribution in [0.15, 0.2) is 118 Å². The number of para-hydroxylation sites is 1. The molecular formula is C29H29F3NO5S2+. The lowest BCUT2D eigenvalue weighted by atomic mass is 10.2. The maximum atomic E-state index is 10.7. The minimum absolute atomic E-state index is 0.226. The molecule has 1 unspecified atom stereocenters. The molecule has 0 spiro atoms. The van der Waals surface area contributed by atoms with Gasteiger partial charge in [0.15, 0.2) is 15.5 Å². The average molecular weight is 593 g/mol. The fourth-order valence-electron chi connectivity index (χ4n) is 3.32. The zero-order valence-corrected chi connectivity index (χ0v) is 23.6. The number of hydrogen-bond acceptors (Lipinski definition) is 5. The number of halogens is 3. The smallest absolute Gasteiger partial charge is 0.488 e. The van der Waals surface area contributed by atoms with Gasteiger partial charge in [-0.2, -0.15) is 21.6 Å². The van der Waals surface area contributed by atoms with Gasteiger partial charge in [0.1, 0.15) is 28.9 Å². The first-order chi connectivity index (χ1) is 18.7. The Hall–Kier alpha value is -3.54. The van der Waals surface area contributed by atoms with Crippen LogP contribution < -0.4 is 9.47 Å². The predicted molar refractivity (Wildman–Crippen MR) is 148 cm³/mol. The van der Waals surface area contributed by atoms with Crippen molar-refractivity contribution in [2.75, 3.05) is 0 Å². The first-order valence-corrected chi connectivity index (χ1v) is 14.6. The maximum absolute atomic E-state index is 10.7. The number of aromatic nitrogens is 1. The van der Waals surface area contributed by atoms with E-state index in [4.69, 9.17) is 22.4 Å². The van der Waals surface area contributed by atoms with Gasteiger partial charge in [-0.3, -0.25) is 9.54 Å². The summed E-state index contributed by atoms with van der Waals surface area (Å²) in [5, 5.41) is 0. The van der Waals surface area contributed by atoms with Gasteiger partial charge < -0.3 is 9.47 Å². The van der Waals surface area contributed by atoms with Crippen LogP contribution in [0.2, 0.25) is 0 Å². The molecule has 1 aromatic heterocycles. The predicted octanol–water partition coefficient (Wildman–Crippen LogP) is 7.33. The Kier molecular flexibility index (Phi) is 10.2. The fraction of sp³-hybridized carbons (Fsp3) is 0.207. The summed E-state index contributed by atoms with van der Waals surface area (Å²) in [6, 6.07) is 31.3. The molecule has 0 aliphatic heterocycles. The van der Waals surface area contributed by atoms with Gasteiger partial charge in [-0.15, -0.1) is 0 Å². The molecule has 0 saturated carbocycles. The van der Waals surface area contributed by atoms with E-state index in [1.165, 1.54) is 9.79 Å². The molecule has 4 aromatic rings. The molecule has 0 fully saturated rings. The van der Waals surface area contributed by atoms with Gasteiger partial charge >= 0.3 is 15.6 Å². The van der Waals surface area contributed by atoms with Crippen molar-refractivity contribution in [3.63, 3.8) is 0 Å². The molecule has 4 rings (SSSR count). The van der Waals surface area contributed by atoms with E-state index in [0.717, 1.165) is 22.0 Å². The average Bonchev–Trinajstić information content (AvgIpc) is 2.89. The molecule has 40 heavy (non-hydrogen) atoms. The standard InChI is InChI=1S/C28H28NO2S.CHF3O3S/c1-28(2,3)31-23-13-15-25(16-14-23)32(24-9-5-4-6-10-24)27-12-8-7-11-26(27)30-21-22-17-19-29-20-18-22;2-1(3,4)8(5,6)7/h4-20H,21H2,1-3H3;(H,5,6,7)/q+1;. The molecule has 0 saturated heterocycles. The van der Waals surface area contributed by atoms with E-state index in [0.29, 0.717) is 6.61 Å². The van der Waals surface area contributed by atoms with Crippen molar-refractivity contribution in [3.8, 4) is 11.5 Å². The van der Waals surface area contributed by atoms with Crippen molar-refractivity contribution >= 4 is 21.0 Å². The number of pyridine rings is 1. The monoisotopic (exact) mass is 592 g/mol. The Balaban J connectivity index is 0.000000482. The number of ether oxygens (including phenoxy) is 2. The molecule has 3 aromatic carbocycles. The quantitative estimate of drug-likeness (QED) is 0.137. The van der Waals surface area contributed by atoms with Crippen molar-refractivity contribution < 1.29 is 35.6 Å². The molecule has 0 aliphatic carbocycles. The first kappa shape index (κ1) is 31.0. The van der Waals surface area contributed by atoms with Crippen LogP contribution in [0, 0.1) is 0 Å². The number of nitrogens with zero attached hydrogens (tertiary/aromatic N) is 1. The van der Waals surface area contributed by atoms with E-state index in [2.05, 4.69) is 98.6 Å². The zero-order chi connectivity index (χ0) is 29.4. The number of rotatable bonds is 7. The van der Waals surface area contributed by atoms with Gasteiger partial charge in [0.25, 0.3) is 0 Å². The minimum atomic E-state index is -5.84. The molecule has 0 radical (unpaired) electrons. The van der Waals surface area contributed by atoms with Crippen LogP contribution in [0.5, 0.6) is 11.5 Å². The highest BCUT2D eigenvalue weighted by molar-refractivity contribution is 7.97. The van der Waals surface area contributed by atoms with Crippen LogP contribution in [0.3, 0.4) is 0 Å². The summed E-state index contributed by atoms with van der Waals surface area (Å²) in [7, 11) is -6.15. The molecular weight excluding hydrogens is 563 g/mol. The first-order valence-electron chi connectivity index (χ1n) is 12.0. The highest BCUT2D eigenvalue weighted by Crippen LogP contribution is 2.37. The summed E-state index contributed by atoms with van der Waals surface area (Å²) in [6.07, 6.45) is 3.58. The second-order valence-electron chi connectivity index (χ2n) is 9.32. The third kappa shape index (κ3) is 9.29. The van der Waals surface area contributed by atoms with E-state index in [1.54, 1.807) is 12.4 Å². The summed E-state index contributed by atoms with van der Waals surface area (Å²) in [5.41, 5.74) is -4.67. The van der Waals surface area contributed by atoms with Gasteiger partial charge in [-0.05, 0) is 87.0 Å². The topological polar surface area (TPSA) is 85.7 Å². The molecule has 1 heterocycles. The Bertz CT molecular complexity index is 1460. The van der Waals surface area contributed by atoms with E-state index < -0.39 is 15.6 Å². The molecule has 11 heteroatoms. The summed E-state index contributed by atoms with van der Waals surface area (Å²) >= 11 is 0. The highest BCUT2D eigenvalue weighted by atomic mass is 32.2. The Labute approximate surface area is 234 Å². The van der Waals surface area contributed by atoms with Gasteiger partial charge in [0, 0.05) is 12.4 Å². The van der Waals surface area contributed by atoms with Gasteiger partial charge in [0.05, 0.1) is 0 Å². The number of alkyl halides is 3. The number of benzene rings is 3. The second kappa shape index (κ2) is 13.2. The van der Waals surface area contributed by atoms with Crippen LogP contribution in [0.1, 0.15) is 26.3 Å². The lowest BCUT2D eigenvalue weighted by Gasteiger charge is -2.21. The molecule has 6 nitrogen and oxygen atoms in total. The summed E-state index contributed by atoms with van der Waals surface area (Å²) in [5.74, 6) is 1.77.